The van der Waals surface area contributed by atoms with Crippen LogP contribution in [0.2, 0.25) is 5.02 Å². The molecule has 0 bridgehead atoms. The van der Waals surface area contributed by atoms with E-state index in [1.807, 2.05) is 0 Å². The van der Waals surface area contributed by atoms with Crippen LogP contribution in [-0.4, -0.2) is 11.3 Å². The fourth-order valence-electron chi connectivity index (χ4n) is 1.04. The van der Waals surface area contributed by atoms with Gasteiger partial charge in [-0.15, -0.1) is 11.3 Å². The van der Waals surface area contributed by atoms with Crippen LogP contribution in [0.25, 0.3) is 0 Å². The number of Topliss-reactive ketones (excluding diaryl/α,β-unsaturated/α-hetero) is 1. The summed E-state index contributed by atoms with van der Waals surface area (Å²) in [5.74, 6) is 0.00231. The van der Waals surface area contributed by atoms with Gasteiger partial charge in [0.15, 0.2) is 5.78 Å². The number of halogens is 1. The van der Waals surface area contributed by atoms with Crippen molar-refractivity contribution >= 4 is 28.7 Å². The summed E-state index contributed by atoms with van der Waals surface area (Å²) in [7, 11) is 0. The zero-order valence-electron chi connectivity index (χ0n) is 6.34. The molecule has 4 heteroatoms. The van der Waals surface area contributed by atoms with Crippen LogP contribution in [0.4, 0.5) is 0 Å². The Labute approximate surface area is 79.3 Å². The molecule has 1 heterocycles. The van der Waals surface area contributed by atoms with E-state index in [1.165, 1.54) is 11.3 Å². The maximum atomic E-state index is 11.6. The SMILES string of the molecule is NC1(C(=O)c2sccc2Cl)CC1. The highest BCUT2D eigenvalue weighted by molar-refractivity contribution is 7.12. The highest BCUT2D eigenvalue weighted by Gasteiger charge is 2.47. The minimum atomic E-state index is -0.589. The second-order valence-electron chi connectivity index (χ2n) is 3.08. The lowest BCUT2D eigenvalue weighted by molar-refractivity contribution is 0.0953. The molecule has 1 aliphatic rings. The number of rotatable bonds is 2. The molecule has 0 aromatic carbocycles. The molecular formula is C8H8ClNOS. The predicted octanol–water partition coefficient (Wildman–Crippen LogP) is 2.08. The standard InChI is InChI=1S/C8H8ClNOS/c9-5-1-4-12-6(5)7(11)8(10)2-3-8/h1,4H,2-3,10H2. The Hall–Kier alpha value is -0.380. The molecule has 0 atom stereocenters. The van der Waals surface area contributed by atoms with Gasteiger partial charge in [0.05, 0.1) is 15.4 Å². The molecular weight excluding hydrogens is 194 g/mol. The summed E-state index contributed by atoms with van der Waals surface area (Å²) in [6.07, 6.45) is 1.58. The molecule has 1 aromatic rings. The van der Waals surface area contributed by atoms with Crippen LogP contribution in [0.3, 0.4) is 0 Å². The van der Waals surface area contributed by atoms with Crippen molar-refractivity contribution in [2.24, 2.45) is 5.73 Å². The molecule has 0 saturated heterocycles. The second kappa shape index (κ2) is 2.55. The molecule has 2 N–H and O–H groups in total. The highest BCUT2D eigenvalue weighted by atomic mass is 35.5. The number of hydrogen-bond acceptors (Lipinski definition) is 3. The second-order valence-corrected chi connectivity index (χ2v) is 4.41. The summed E-state index contributed by atoms with van der Waals surface area (Å²) in [6.45, 7) is 0. The van der Waals surface area contributed by atoms with Gasteiger partial charge in [-0.2, -0.15) is 0 Å². The van der Waals surface area contributed by atoms with Gasteiger partial charge in [-0.3, -0.25) is 4.79 Å². The van der Waals surface area contributed by atoms with Crippen molar-refractivity contribution in [1.29, 1.82) is 0 Å². The van der Waals surface area contributed by atoms with E-state index < -0.39 is 5.54 Å². The molecule has 0 aliphatic heterocycles. The Morgan fingerprint density at radius 3 is 2.75 bits per heavy atom. The number of carbonyl (C=O) groups excluding carboxylic acids is 1. The van der Waals surface area contributed by atoms with Crippen LogP contribution in [0.1, 0.15) is 22.5 Å². The van der Waals surface area contributed by atoms with E-state index in [0.717, 1.165) is 12.8 Å². The third-order valence-corrected chi connectivity index (χ3v) is 3.40. The number of carbonyl (C=O) groups is 1. The normalized spacial score (nSPS) is 19.2. The van der Waals surface area contributed by atoms with Crippen molar-refractivity contribution < 1.29 is 4.79 Å². The average molecular weight is 202 g/mol. The molecule has 0 amide bonds. The minimum Gasteiger partial charge on any atom is -0.319 e. The zero-order chi connectivity index (χ0) is 8.77. The Morgan fingerprint density at radius 2 is 2.33 bits per heavy atom. The lowest BCUT2D eigenvalue weighted by atomic mass is 10.1. The molecule has 0 unspecified atom stereocenters. The van der Waals surface area contributed by atoms with Gasteiger partial charge in [-0.25, -0.2) is 0 Å². The predicted molar refractivity (Wildman–Crippen MR) is 49.8 cm³/mol. The molecule has 64 valence electrons. The van der Waals surface area contributed by atoms with Gasteiger partial charge in [0, 0.05) is 0 Å². The number of nitrogens with two attached hydrogens (primary N) is 1. The summed E-state index contributed by atoms with van der Waals surface area (Å²) in [6, 6.07) is 1.73. The zero-order valence-corrected chi connectivity index (χ0v) is 7.91. The number of thiophene rings is 1. The van der Waals surface area contributed by atoms with E-state index in [0.29, 0.717) is 9.90 Å². The van der Waals surface area contributed by atoms with Crippen LogP contribution in [0, 0.1) is 0 Å². The van der Waals surface area contributed by atoms with E-state index in [-0.39, 0.29) is 5.78 Å². The van der Waals surface area contributed by atoms with Gasteiger partial charge in [-0.05, 0) is 24.3 Å². The molecule has 2 nitrogen and oxygen atoms in total. The molecule has 1 saturated carbocycles. The van der Waals surface area contributed by atoms with Gasteiger partial charge in [0.1, 0.15) is 0 Å². The third-order valence-electron chi connectivity index (χ3n) is 2.06. The number of ketones is 1. The fraction of sp³-hybridized carbons (Fsp3) is 0.375. The first-order valence-corrected chi connectivity index (χ1v) is 4.96. The van der Waals surface area contributed by atoms with Gasteiger partial charge in [0.25, 0.3) is 0 Å². The van der Waals surface area contributed by atoms with Gasteiger partial charge in [-0.1, -0.05) is 11.6 Å². The van der Waals surface area contributed by atoms with Crippen molar-refractivity contribution in [3.8, 4) is 0 Å². The smallest absolute Gasteiger partial charge is 0.194 e. The first-order valence-electron chi connectivity index (χ1n) is 3.70. The summed E-state index contributed by atoms with van der Waals surface area (Å²) in [5.41, 5.74) is 5.16. The molecule has 2 rings (SSSR count). The number of hydrogen-bond donors (Lipinski definition) is 1. The van der Waals surface area contributed by atoms with Crippen molar-refractivity contribution in [2.75, 3.05) is 0 Å². The maximum absolute atomic E-state index is 11.6. The molecule has 12 heavy (non-hydrogen) atoms. The molecule has 0 spiro atoms. The van der Waals surface area contributed by atoms with Gasteiger partial charge >= 0.3 is 0 Å². The lowest BCUT2D eigenvalue weighted by Crippen LogP contribution is -2.32. The largest absolute Gasteiger partial charge is 0.319 e. The Bertz CT molecular complexity index is 330. The third kappa shape index (κ3) is 1.18. The van der Waals surface area contributed by atoms with Crippen molar-refractivity contribution in [3.63, 3.8) is 0 Å². The summed E-state index contributed by atoms with van der Waals surface area (Å²) in [4.78, 5) is 12.2. The Balaban J connectivity index is 2.31. The van der Waals surface area contributed by atoms with E-state index in [2.05, 4.69) is 0 Å². The van der Waals surface area contributed by atoms with Gasteiger partial charge < -0.3 is 5.73 Å². The van der Waals surface area contributed by atoms with Crippen LogP contribution < -0.4 is 5.73 Å². The molecule has 1 aliphatic carbocycles. The van der Waals surface area contributed by atoms with E-state index in [4.69, 9.17) is 17.3 Å². The van der Waals surface area contributed by atoms with Crippen LogP contribution in [-0.2, 0) is 0 Å². The Kier molecular flexibility index (Phi) is 1.75. The highest BCUT2D eigenvalue weighted by Crippen LogP contribution is 2.38. The summed E-state index contributed by atoms with van der Waals surface area (Å²) >= 11 is 7.17. The van der Waals surface area contributed by atoms with Gasteiger partial charge in [0.2, 0.25) is 0 Å². The minimum absolute atomic E-state index is 0.00231. The lowest BCUT2D eigenvalue weighted by Gasteiger charge is -2.04. The molecule has 0 radical (unpaired) electrons. The average Bonchev–Trinajstić information content (AvgIpc) is 2.63. The topological polar surface area (TPSA) is 43.1 Å². The van der Waals surface area contributed by atoms with E-state index in [9.17, 15) is 4.79 Å². The van der Waals surface area contributed by atoms with Crippen LogP contribution >= 0.6 is 22.9 Å². The van der Waals surface area contributed by atoms with Crippen molar-refractivity contribution in [2.45, 2.75) is 18.4 Å². The first kappa shape index (κ1) is 8.23. The van der Waals surface area contributed by atoms with Crippen molar-refractivity contribution in [3.05, 3.63) is 21.3 Å². The monoisotopic (exact) mass is 201 g/mol. The van der Waals surface area contributed by atoms with Crippen LogP contribution in [0.15, 0.2) is 11.4 Å². The molecule has 1 aromatic heterocycles. The van der Waals surface area contributed by atoms with Crippen LogP contribution in [0.5, 0.6) is 0 Å². The summed E-state index contributed by atoms with van der Waals surface area (Å²) < 4.78 is 0. The molecule has 1 fully saturated rings. The summed E-state index contributed by atoms with van der Waals surface area (Å²) in [5, 5.41) is 2.34. The Morgan fingerprint density at radius 1 is 1.67 bits per heavy atom. The quantitative estimate of drug-likeness (QED) is 0.745. The van der Waals surface area contributed by atoms with Crippen molar-refractivity contribution in [1.82, 2.24) is 0 Å². The van der Waals surface area contributed by atoms with E-state index in [1.54, 1.807) is 11.4 Å². The maximum Gasteiger partial charge on any atom is 0.194 e. The van der Waals surface area contributed by atoms with E-state index >= 15 is 0 Å². The first-order chi connectivity index (χ1) is 5.63. The fourth-order valence-corrected chi connectivity index (χ4v) is 2.23.